The Labute approximate surface area is 97.8 Å². The Kier molecular flexibility index (Phi) is 4.54. The van der Waals surface area contributed by atoms with Gasteiger partial charge in [0.15, 0.2) is 0 Å². The molecule has 1 atom stereocenters. The second kappa shape index (κ2) is 5.48. The van der Waals surface area contributed by atoms with Crippen LogP contribution in [0.1, 0.15) is 46.0 Å². The van der Waals surface area contributed by atoms with Crippen molar-refractivity contribution in [2.24, 2.45) is 0 Å². The molecular formula is C13H22O3. The van der Waals surface area contributed by atoms with E-state index < -0.39 is 0 Å². The molecule has 0 aromatic heterocycles. The van der Waals surface area contributed by atoms with Gasteiger partial charge in [-0.15, -0.1) is 0 Å². The minimum absolute atomic E-state index is 0.121. The summed E-state index contributed by atoms with van der Waals surface area (Å²) in [4.78, 5) is 11.6. The zero-order valence-corrected chi connectivity index (χ0v) is 10.5. The summed E-state index contributed by atoms with van der Waals surface area (Å²) in [5, 5.41) is 0. The van der Waals surface area contributed by atoms with Gasteiger partial charge >= 0.3 is 5.97 Å². The van der Waals surface area contributed by atoms with Crippen LogP contribution >= 0.6 is 0 Å². The molecule has 0 radical (unpaired) electrons. The standard InChI is InChI=1S/C13H22O3/c1-10(2)12(14)16-13(7-5-6-8-13)9-11(3)15-4/h11H,1,5-9H2,2-4H3. The fourth-order valence-corrected chi connectivity index (χ4v) is 2.26. The van der Waals surface area contributed by atoms with Crippen molar-refractivity contribution in [1.82, 2.24) is 0 Å². The second-order valence-electron chi connectivity index (χ2n) is 4.81. The van der Waals surface area contributed by atoms with Crippen LogP contribution in [0.15, 0.2) is 12.2 Å². The number of hydrogen-bond donors (Lipinski definition) is 0. The van der Waals surface area contributed by atoms with Gasteiger partial charge in [0.1, 0.15) is 5.60 Å². The van der Waals surface area contributed by atoms with Gasteiger partial charge in [0.2, 0.25) is 0 Å². The van der Waals surface area contributed by atoms with Crippen LogP contribution in [0.5, 0.6) is 0 Å². The van der Waals surface area contributed by atoms with E-state index in [0.717, 1.165) is 32.1 Å². The minimum atomic E-state index is -0.314. The van der Waals surface area contributed by atoms with E-state index in [0.29, 0.717) is 5.57 Å². The predicted octanol–water partition coefficient (Wildman–Crippen LogP) is 2.84. The maximum absolute atomic E-state index is 11.6. The Morgan fingerprint density at radius 2 is 2.00 bits per heavy atom. The summed E-state index contributed by atoms with van der Waals surface area (Å²) in [5.41, 5.74) is 0.155. The van der Waals surface area contributed by atoms with E-state index in [1.807, 2.05) is 6.92 Å². The highest BCUT2D eigenvalue weighted by Crippen LogP contribution is 2.38. The minimum Gasteiger partial charge on any atom is -0.456 e. The van der Waals surface area contributed by atoms with Crippen molar-refractivity contribution in [3.63, 3.8) is 0 Å². The Balaban J connectivity index is 2.65. The summed E-state index contributed by atoms with van der Waals surface area (Å²) in [6, 6.07) is 0. The highest BCUT2D eigenvalue weighted by atomic mass is 16.6. The number of carbonyl (C=O) groups is 1. The molecule has 0 spiro atoms. The molecule has 0 N–H and O–H groups in total. The third-order valence-electron chi connectivity index (χ3n) is 3.23. The van der Waals surface area contributed by atoms with Crippen molar-refractivity contribution < 1.29 is 14.3 Å². The van der Waals surface area contributed by atoms with Crippen molar-refractivity contribution in [1.29, 1.82) is 0 Å². The quantitative estimate of drug-likeness (QED) is 0.534. The Morgan fingerprint density at radius 3 is 2.44 bits per heavy atom. The lowest BCUT2D eigenvalue weighted by atomic mass is 9.94. The van der Waals surface area contributed by atoms with Crippen LogP contribution in [0.4, 0.5) is 0 Å². The van der Waals surface area contributed by atoms with E-state index in [2.05, 4.69) is 6.58 Å². The Hall–Kier alpha value is -0.830. The van der Waals surface area contributed by atoms with Gasteiger partial charge in [0.05, 0.1) is 6.10 Å². The van der Waals surface area contributed by atoms with Gasteiger partial charge in [-0.25, -0.2) is 4.79 Å². The lowest BCUT2D eigenvalue weighted by Crippen LogP contribution is -2.36. The second-order valence-corrected chi connectivity index (χ2v) is 4.81. The molecular weight excluding hydrogens is 204 g/mol. The van der Waals surface area contributed by atoms with Crippen LogP contribution in [0.3, 0.4) is 0 Å². The van der Waals surface area contributed by atoms with Crippen molar-refractivity contribution in [3.05, 3.63) is 12.2 Å². The van der Waals surface area contributed by atoms with Gasteiger partial charge in [-0.3, -0.25) is 0 Å². The monoisotopic (exact) mass is 226 g/mol. The summed E-state index contributed by atoms with van der Waals surface area (Å²) in [6.45, 7) is 7.32. The molecule has 1 aliphatic carbocycles. The van der Waals surface area contributed by atoms with Crippen LogP contribution in [0, 0.1) is 0 Å². The molecule has 0 aromatic rings. The molecule has 1 unspecified atom stereocenters. The van der Waals surface area contributed by atoms with Crippen molar-refractivity contribution >= 4 is 5.97 Å². The fraction of sp³-hybridized carbons (Fsp3) is 0.769. The number of methoxy groups -OCH3 is 1. The third-order valence-corrected chi connectivity index (χ3v) is 3.23. The Morgan fingerprint density at radius 1 is 1.44 bits per heavy atom. The number of hydrogen-bond acceptors (Lipinski definition) is 3. The first kappa shape index (κ1) is 13.2. The maximum atomic E-state index is 11.6. The molecule has 1 saturated carbocycles. The molecule has 0 aromatic carbocycles. The smallest absolute Gasteiger partial charge is 0.333 e. The zero-order valence-electron chi connectivity index (χ0n) is 10.5. The average Bonchev–Trinajstić information content (AvgIpc) is 2.66. The summed E-state index contributed by atoms with van der Waals surface area (Å²) in [5.74, 6) is -0.273. The molecule has 3 nitrogen and oxygen atoms in total. The molecule has 0 heterocycles. The maximum Gasteiger partial charge on any atom is 0.333 e. The number of rotatable bonds is 5. The Bertz CT molecular complexity index is 264. The SMILES string of the molecule is C=C(C)C(=O)OC1(CC(C)OC)CCCC1. The van der Waals surface area contributed by atoms with Crippen molar-refractivity contribution in [3.8, 4) is 0 Å². The molecule has 0 amide bonds. The molecule has 3 heteroatoms. The number of carbonyl (C=O) groups excluding carboxylic acids is 1. The van der Waals surface area contributed by atoms with E-state index in [-0.39, 0.29) is 17.7 Å². The van der Waals surface area contributed by atoms with Gasteiger partial charge in [-0.1, -0.05) is 6.58 Å². The summed E-state index contributed by atoms with van der Waals surface area (Å²) in [6.07, 6.45) is 5.04. The van der Waals surface area contributed by atoms with Crippen LogP contribution in [0.2, 0.25) is 0 Å². The van der Waals surface area contributed by atoms with Crippen LogP contribution < -0.4 is 0 Å². The molecule has 1 rings (SSSR count). The van der Waals surface area contributed by atoms with E-state index in [1.54, 1.807) is 14.0 Å². The third kappa shape index (κ3) is 3.34. The van der Waals surface area contributed by atoms with E-state index in [4.69, 9.17) is 9.47 Å². The average molecular weight is 226 g/mol. The van der Waals surface area contributed by atoms with Crippen LogP contribution in [0.25, 0.3) is 0 Å². The van der Waals surface area contributed by atoms with Crippen molar-refractivity contribution in [2.75, 3.05) is 7.11 Å². The lowest BCUT2D eigenvalue weighted by Gasteiger charge is -2.31. The van der Waals surface area contributed by atoms with Gasteiger partial charge in [-0.05, 0) is 39.5 Å². The normalized spacial score (nSPS) is 20.4. The van der Waals surface area contributed by atoms with E-state index in [9.17, 15) is 4.79 Å². The molecule has 1 aliphatic rings. The first-order chi connectivity index (χ1) is 7.49. The van der Waals surface area contributed by atoms with E-state index >= 15 is 0 Å². The van der Waals surface area contributed by atoms with Gasteiger partial charge < -0.3 is 9.47 Å². The van der Waals surface area contributed by atoms with Crippen molar-refractivity contribution in [2.45, 2.75) is 57.7 Å². The van der Waals surface area contributed by atoms with Gasteiger partial charge in [-0.2, -0.15) is 0 Å². The first-order valence-electron chi connectivity index (χ1n) is 5.91. The molecule has 0 aliphatic heterocycles. The molecule has 1 fully saturated rings. The summed E-state index contributed by atoms with van der Waals surface area (Å²) in [7, 11) is 1.69. The highest BCUT2D eigenvalue weighted by molar-refractivity contribution is 5.87. The topological polar surface area (TPSA) is 35.5 Å². The summed E-state index contributed by atoms with van der Waals surface area (Å²) < 4.78 is 10.9. The summed E-state index contributed by atoms with van der Waals surface area (Å²) >= 11 is 0. The number of ether oxygens (including phenoxy) is 2. The largest absolute Gasteiger partial charge is 0.456 e. The first-order valence-corrected chi connectivity index (χ1v) is 5.91. The van der Waals surface area contributed by atoms with Gasteiger partial charge in [0, 0.05) is 19.1 Å². The van der Waals surface area contributed by atoms with Crippen LogP contribution in [-0.4, -0.2) is 24.8 Å². The molecule has 16 heavy (non-hydrogen) atoms. The van der Waals surface area contributed by atoms with Crippen LogP contribution in [-0.2, 0) is 14.3 Å². The van der Waals surface area contributed by atoms with E-state index in [1.165, 1.54) is 0 Å². The highest BCUT2D eigenvalue weighted by Gasteiger charge is 2.39. The molecule has 0 bridgehead atoms. The lowest BCUT2D eigenvalue weighted by molar-refractivity contribution is -0.157. The fourth-order valence-electron chi connectivity index (χ4n) is 2.26. The molecule has 92 valence electrons. The van der Waals surface area contributed by atoms with Gasteiger partial charge in [0.25, 0.3) is 0 Å². The predicted molar refractivity (Wildman–Crippen MR) is 63.2 cm³/mol. The molecule has 0 saturated heterocycles. The number of esters is 1. The zero-order chi connectivity index (χ0) is 12.2.